The molecule has 0 saturated carbocycles. The fraction of sp³-hybridized carbons (Fsp3) is 0.381. The summed E-state index contributed by atoms with van der Waals surface area (Å²) in [5, 5.41) is 2.15. The zero-order valence-corrected chi connectivity index (χ0v) is 16.5. The third kappa shape index (κ3) is 3.13. The van der Waals surface area contributed by atoms with Gasteiger partial charge in [-0.05, 0) is 49.0 Å². The van der Waals surface area contributed by atoms with Crippen molar-refractivity contribution in [3.8, 4) is 0 Å². The molecule has 0 radical (unpaired) electrons. The van der Waals surface area contributed by atoms with Gasteiger partial charge in [0.05, 0.1) is 5.92 Å². The van der Waals surface area contributed by atoms with Crippen molar-refractivity contribution in [1.82, 2.24) is 0 Å². The fourth-order valence-electron chi connectivity index (χ4n) is 4.64. The lowest BCUT2D eigenvalue weighted by atomic mass is 9.62. The van der Waals surface area contributed by atoms with Crippen LogP contribution >= 0.6 is 34.8 Å². The van der Waals surface area contributed by atoms with E-state index in [4.69, 9.17) is 39.5 Å². The summed E-state index contributed by atoms with van der Waals surface area (Å²) in [5.74, 6) is 0.182. The first-order valence-electron chi connectivity index (χ1n) is 8.82. The van der Waals surface area contributed by atoms with E-state index < -0.39 is 0 Å². The molecule has 1 aliphatic heterocycles. The smallest absolute Gasteiger partial charge is 0.313 e. The Morgan fingerprint density at radius 2 is 1.81 bits per heavy atom. The molecule has 1 aromatic rings. The summed E-state index contributed by atoms with van der Waals surface area (Å²) in [6.07, 6.45) is 8.65. The Bertz CT molecular complexity index is 809. The van der Waals surface area contributed by atoms with E-state index in [2.05, 4.69) is 18.2 Å². The van der Waals surface area contributed by atoms with Gasteiger partial charge in [-0.3, -0.25) is 4.79 Å². The quantitative estimate of drug-likeness (QED) is 0.439. The molecule has 1 aromatic carbocycles. The van der Waals surface area contributed by atoms with E-state index in [0.29, 0.717) is 10.1 Å². The van der Waals surface area contributed by atoms with Gasteiger partial charge in [-0.25, -0.2) is 0 Å². The highest BCUT2D eigenvalue weighted by atomic mass is 35.5. The van der Waals surface area contributed by atoms with Crippen LogP contribution in [0.1, 0.15) is 24.8 Å². The van der Waals surface area contributed by atoms with Crippen LogP contribution in [0.15, 0.2) is 58.6 Å². The first-order chi connectivity index (χ1) is 12.5. The number of halogens is 3. The number of rotatable bonds is 2. The Morgan fingerprint density at radius 1 is 1.08 bits per heavy atom. The average Bonchev–Trinajstić information content (AvgIpc) is 2.90. The molecule has 1 unspecified atom stereocenters. The lowest BCUT2D eigenvalue weighted by molar-refractivity contribution is -0.142. The molecule has 1 saturated heterocycles. The molecule has 4 rings (SSSR count). The van der Waals surface area contributed by atoms with Crippen LogP contribution < -0.4 is 0 Å². The summed E-state index contributed by atoms with van der Waals surface area (Å²) < 4.78 is 5.57. The third-order valence-electron chi connectivity index (χ3n) is 5.82. The topological polar surface area (TPSA) is 26.3 Å². The zero-order valence-electron chi connectivity index (χ0n) is 14.2. The van der Waals surface area contributed by atoms with Crippen LogP contribution in [0.2, 0.25) is 5.02 Å². The molecule has 1 heterocycles. The number of hydrogen-bond acceptors (Lipinski definition) is 2. The molecule has 3 aliphatic rings. The van der Waals surface area contributed by atoms with E-state index in [9.17, 15) is 4.79 Å². The van der Waals surface area contributed by atoms with Crippen LogP contribution in [0.3, 0.4) is 0 Å². The Kier molecular flexibility index (Phi) is 4.94. The Balaban J connectivity index is 1.78. The van der Waals surface area contributed by atoms with Crippen molar-refractivity contribution in [3.63, 3.8) is 0 Å². The molecule has 0 N–H and O–H groups in total. The van der Waals surface area contributed by atoms with E-state index in [0.717, 1.165) is 17.0 Å². The second-order valence-corrected chi connectivity index (χ2v) is 8.55. The standard InChI is InChI=1S/C21H19Cl3O2/c1-11-19-17(21(25)26-11)9-8-16(15-7-6-14(23)10-18(15)24)20(19)12-2-4-13(22)5-3-12/h2-6,8-11,15-17,19-20H,7H2,1H3/t11-,15?,16-,17-,19-,20+/m1/s1. The van der Waals surface area contributed by atoms with Gasteiger partial charge in [-0.15, -0.1) is 0 Å². The monoisotopic (exact) mass is 408 g/mol. The number of carbonyl (C=O) groups excluding carboxylic acids is 1. The molecule has 2 nitrogen and oxygen atoms in total. The fourth-order valence-corrected chi connectivity index (χ4v) is 5.38. The van der Waals surface area contributed by atoms with Crippen molar-refractivity contribution >= 4 is 40.8 Å². The molecular formula is C21H19Cl3O2. The minimum absolute atomic E-state index is 0.0875. The minimum Gasteiger partial charge on any atom is -0.462 e. The van der Waals surface area contributed by atoms with Crippen LogP contribution in [0.5, 0.6) is 0 Å². The molecule has 0 spiro atoms. The summed E-state index contributed by atoms with van der Waals surface area (Å²) in [5.41, 5.74) is 1.16. The van der Waals surface area contributed by atoms with Gasteiger partial charge < -0.3 is 4.74 Å². The molecule has 6 atom stereocenters. The van der Waals surface area contributed by atoms with Gasteiger partial charge in [0.15, 0.2) is 0 Å². The molecule has 2 aliphatic carbocycles. The summed E-state index contributed by atoms with van der Waals surface area (Å²) >= 11 is 18.8. The van der Waals surface area contributed by atoms with E-state index in [1.165, 1.54) is 0 Å². The molecular weight excluding hydrogens is 391 g/mol. The van der Waals surface area contributed by atoms with Gasteiger partial charge >= 0.3 is 5.97 Å². The lowest BCUT2D eigenvalue weighted by Crippen LogP contribution is -2.36. The van der Waals surface area contributed by atoms with E-state index in [1.54, 1.807) is 0 Å². The number of benzene rings is 1. The highest BCUT2D eigenvalue weighted by Crippen LogP contribution is 2.52. The number of ether oxygens (including phenoxy) is 1. The predicted octanol–water partition coefficient (Wildman–Crippen LogP) is 6.05. The van der Waals surface area contributed by atoms with Crippen LogP contribution in [-0.2, 0) is 9.53 Å². The number of carbonyl (C=O) groups is 1. The predicted molar refractivity (Wildman–Crippen MR) is 105 cm³/mol. The van der Waals surface area contributed by atoms with E-state index in [1.807, 2.05) is 37.3 Å². The number of allylic oxidation sites excluding steroid dienone is 5. The van der Waals surface area contributed by atoms with Crippen LogP contribution in [0, 0.1) is 23.7 Å². The van der Waals surface area contributed by atoms with Crippen LogP contribution in [0.4, 0.5) is 0 Å². The maximum Gasteiger partial charge on any atom is 0.313 e. The van der Waals surface area contributed by atoms with E-state index >= 15 is 0 Å². The lowest BCUT2D eigenvalue weighted by Gasteiger charge is -2.40. The number of esters is 1. The third-order valence-corrected chi connectivity index (χ3v) is 6.72. The van der Waals surface area contributed by atoms with Crippen molar-refractivity contribution in [2.75, 3.05) is 0 Å². The van der Waals surface area contributed by atoms with Crippen molar-refractivity contribution in [3.05, 3.63) is 69.2 Å². The van der Waals surface area contributed by atoms with Crippen molar-refractivity contribution in [2.24, 2.45) is 23.7 Å². The maximum absolute atomic E-state index is 12.3. The second kappa shape index (κ2) is 7.07. The van der Waals surface area contributed by atoms with Gasteiger partial charge in [0, 0.05) is 26.9 Å². The molecule has 26 heavy (non-hydrogen) atoms. The first kappa shape index (κ1) is 18.2. The highest BCUT2D eigenvalue weighted by Gasteiger charge is 2.51. The van der Waals surface area contributed by atoms with Crippen molar-refractivity contribution in [2.45, 2.75) is 25.4 Å². The number of fused-ring (bicyclic) bond motifs is 1. The van der Waals surface area contributed by atoms with Crippen LogP contribution in [0.25, 0.3) is 0 Å². The second-order valence-electron chi connectivity index (χ2n) is 7.25. The van der Waals surface area contributed by atoms with Crippen LogP contribution in [-0.4, -0.2) is 12.1 Å². The van der Waals surface area contributed by atoms with Gasteiger partial charge in [0.2, 0.25) is 0 Å². The Morgan fingerprint density at radius 3 is 2.50 bits per heavy atom. The zero-order chi connectivity index (χ0) is 18.4. The normalized spacial score (nSPS) is 36.2. The first-order valence-corrected chi connectivity index (χ1v) is 9.96. The SMILES string of the molecule is C[C@H]1OC(=O)[C@@H]2C=C[C@H](C3CC=C(Cl)C=C3Cl)[C@H](c3ccc(Cl)cc3)[C@H]12. The molecule has 136 valence electrons. The summed E-state index contributed by atoms with van der Waals surface area (Å²) in [4.78, 5) is 12.3. The molecule has 0 amide bonds. The number of hydrogen-bond donors (Lipinski definition) is 0. The van der Waals surface area contributed by atoms with Gasteiger partial charge in [0.1, 0.15) is 6.10 Å². The molecule has 0 aromatic heterocycles. The summed E-state index contributed by atoms with van der Waals surface area (Å²) in [6, 6.07) is 7.90. The largest absolute Gasteiger partial charge is 0.462 e. The van der Waals surface area contributed by atoms with Gasteiger partial charge in [-0.2, -0.15) is 0 Å². The average molecular weight is 410 g/mol. The molecule has 1 fully saturated rings. The minimum atomic E-state index is -0.201. The molecule has 0 bridgehead atoms. The van der Waals surface area contributed by atoms with Gasteiger partial charge in [-0.1, -0.05) is 65.2 Å². The van der Waals surface area contributed by atoms with Crippen molar-refractivity contribution in [1.29, 1.82) is 0 Å². The Hall–Kier alpha value is -1.22. The maximum atomic E-state index is 12.3. The van der Waals surface area contributed by atoms with Gasteiger partial charge in [0.25, 0.3) is 0 Å². The highest BCUT2D eigenvalue weighted by molar-refractivity contribution is 6.35. The van der Waals surface area contributed by atoms with Crippen molar-refractivity contribution < 1.29 is 9.53 Å². The molecule has 5 heteroatoms. The Labute approximate surface area is 168 Å². The summed E-state index contributed by atoms with van der Waals surface area (Å²) in [7, 11) is 0. The summed E-state index contributed by atoms with van der Waals surface area (Å²) in [6.45, 7) is 1.98. The number of cyclic esters (lactones) is 1. The van der Waals surface area contributed by atoms with E-state index in [-0.39, 0.29) is 41.7 Å².